The van der Waals surface area contributed by atoms with E-state index in [-0.39, 0.29) is 5.91 Å². The zero-order valence-electron chi connectivity index (χ0n) is 13.5. The van der Waals surface area contributed by atoms with Gasteiger partial charge < -0.3 is 4.90 Å². The first-order chi connectivity index (χ1) is 10.4. The van der Waals surface area contributed by atoms with E-state index >= 15 is 0 Å². The van der Waals surface area contributed by atoms with Crippen molar-refractivity contribution in [3.63, 3.8) is 0 Å². The van der Waals surface area contributed by atoms with Crippen molar-refractivity contribution in [2.24, 2.45) is 0 Å². The van der Waals surface area contributed by atoms with Crippen molar-refractivity contribution in [3.05, 3.63) is 33.8 Å². The van der Waals surface area contributed by atoms with Gasteiger partial charge in [0.05, 0.1) is 29.0 Å². The molecule has 2 aromatic heterocycles. The van der Waals surface area contributed by atoms with Crippen LogP contribution in [0.5, 0.6) is 0 Å². The van der Waals surface area contributed by atoms with Gasteiger partial charge in [0, 0.05) is 31.9 Å². The van der Waals surface area contributed by atoms with Crippen molar-refractivity contribution in [2.45, 2.75) is 46.8 Å². The van der Waals surface area contributed by atoms with Gasteiger partial charge in [-0.25, -0.2) is 0 Å². The van der Waals surface area contributed by atoms with Crippen LogP contribution in [0.15, 0.2) is 16.7 Å². The lowest BCUT2D eigenvalue weighted by atomic mass is 10.3. The van der Waals surface area contributed by atoms with E-state index in [9.17, 15) is 4.79 Å². The van der Waals surface area contributed by atoms with Crippen LogP contribution in [0.3, 0.4) is 0 Å². The Labute approximate surface area is 139 Å². The van der Waals surface area contributed by atoms with E-state index in [0.717, 1.165) is 28.1 Å². The maximum absolute atomic E-state index is 12.3. The number of halogens is 1. The van der Waals surface area contributed by atoms with Crippen molar-refractivity contribution in [2.75, 3.05) is 7.05 Å². The molecule has 7 heteroatoms. The minimum Gasteiger partial charge on any atom is -0.340 e. The molecule has 2 rings (SSSR count). The highest BCUT2D eigenvalue weighted by Crippen LogP contribution is 2.20. The third kappa shape index (κ3) is 3.58. The predicted molar refractivity (Wildman–Crippen MR) is 88.4 cm³/mol. The second kappa shape index (κ2) is 7.09. The lowest BCUT2D eigenvalue weighted by molar-refractivity contribution is -0.130. The predicted octanol–water partition coefficient (Wildman–Crippen LogP) is 2.53. The topological polar surface area (TPSA) is 56.0 Å². The summed E-state index contributed by atoms with van der Waals surface area (Å²) >= 11 is 3.50. The van der Waals surface area contributed by atoms with Gasteiger partial charge in [-0.3, -0.25) is 14.2 Å². The van der Waals surface area contributed by atoms with Crippen LogP contribution in [-0.4, -0.2) is 37.4 Å². The monoisotopic (exact) mass is 367 g/mol. The van der Waals surface area contributed by atoms with Gasteiger partial charge in [0.15, 0.2) is 0 Å². The molecular formula is C15H22BrN5O. The van der Waals surface area contributed by atoms with Crippen molar-refractivity contribution < 1.29 is 4.79 Å². The average molecular weight is 368 g/mol. The molecule has 2 heterocycles. The third-order valence-electron chi connectivity index (χ3n) is 3.76. The Balaban J connectivity index is 1.93. The number of hydrogen-bond donors (Lipinski definition) is 0. The number of carbonyl (C=O) groups is 1. The fourth-order valence-corrected chi connectivity index (χ4v) is 2.68. The first-order valence-corrected chi connectivity index (χ1v) is 8.17. The third-order valence-corrected chi connectivity index (χ3v) is 4.91. The van der Waals surface area contributed by atoms with E-state index in [2.05, 4.69) is 26.1 Å². The van der Waals surface area contributed by atoms with E-state index in [1.54, 1.807) is 11.1 Å². The summed E-state index contributed by atoms with van der Waals surface area (Å²) in [5, 5.41) is 8.65. The summed E-state index contributed by atoms with van der Waals surface area (Å²) in [5.41, 5.74) is 3.05. The van der Waals surface area contributed by atoms with Crippen LogP contribution >= 0.6 is 15.9 Å². The van der Waals surface area contributed by atoms with Crippen LogP contribution in [0.1, 0.15) is 30.4 Å². The number of aromatic nitrogens is 4. The molecule has 0 spiro atoms. The maximum atomic E-state index is 12.3. The quantitative estimate of drug-likeness (QED) is 0.787. The molecule has 0 saturated carbocycles. The minimum atomic E-state index is 0.104. The van der Waals surface area contributed by atoms with Crippen LogP contribution in [0, 0.1) is 13.8 Å². The summed E-state index contributed by atoms with van der Waals surface area (Å²) < 4.78 is 4.80. The van der Waals surface area contributed by atoms with Gasteiger partial charge in [0.2, 0.25) is 5.91 Å². The number of rotatable bonds is 6. The fourth-order valence-electron chi connectivity index (χ4n) is 2.40. The zero-order valence-corrected chi connectivity index (χ0v) is 15.1. The lowest BCUT2D eigenvalue weighted by Crippen LogP contribution is -2.28. The number of amides is 1. The second-order valence-corrected chi connectivity index (χ2v) is 6.14. The summed E-state index contributed by atoms with van der Waals surface area (Å²) in [7, 11) is 1.83. The number of hydrogen-bond acceptors (Lipinski definition) is 3. The molecule has 6 nitrogen and oxygen atoms in total. The molecule has 0 aliphatic carbocycles. The Kier molecular flexibility index (Phi) is 5.39. The van der Waals surface area contributed by atoms with Crippen molar-refractivity contribution in [1.82, 2.24) is 24.5 Å². The molecule has 0 unspecified atom stereocenters. The molecule has 120 valence electrons. The zero-order chi connectivity index (χ0) is 16.3. The normalized spacial score (nSPS) is 11.0. The highest BCUT2D eigenvalue weighted by molar-refractivity contribution is 9.10. The van der Waals surface area contributed by atoms with Gasteiger partial charge >= 0.3 is 0 Å². The molecule has 0 fully saturated rings. The Morgan fingerprint density at radius 1 is 1.36 bits per heavy atom. The lowest BCUT2D eigenvalue weighted by Gasteiger charge is -2.18. The first-order valence-electron chi connectivity index (χ1n) is 7.38. The van der Waals surface area contributed by atoms with Crippen molar-refractivity contribution in [3.8, 4) is 0 Å². The van der Waals surface area contributed by atoms with E-state index < -0.39 is 0 Å². The Bertz CT molecular complexity index is 661. The van der Waals surface area contributed by atoms with Gasteiger partial charge in [-0.15, -0.1) is 0 Å². The summed E-state index contributed by atoms with van der Waals surface area (Å²) in [6.07, 6.45) is 2.20. The molecular weight excluding hydrogens is 346 g/mol. The smallest absolute Gasteiger partial charge is 0.224 e. The molecule has 0 radical (unpaired) electrons. The molecule has 0 aromatic carbocycles. The molecule has 2 aromatic rings. The van der Waals surface area contributed by atoms with E-state index in [4.69, 9.17) is 0 Å². The Morgan fingerprint density at radius 2 is 2.09 bits per heavy atom. The molecule has 0 aliphatic heterocycles. The van der Waals surface area contributed by atoms with Crippen LogP contribution in [0.25, 0.3) is 0 Å². The van der Waals surface area contributed by atoms with Crippen LogP contribution in [0.4, 0.5) is 0 Å². The van der Waals surface area contributed by atoms with Gasteiger partial charge in [-0.1, -0.05) is 0 Å². The van der Waals surface area contributed by atoms with Gasteiger partial charge in [0.1, 0.15) is 0 Å². The van der Waals surface area contributed by atoms with Gasteiger partial charge in [-0.2, -0.15) is 10.2 Å². The molecule has 0 N–H and O–H groups in total. The maximum Gasteiger partial charge on any atom is 0.224 e. The summed E-state index contributed by atoms with van der Waals surface area (Å²) in [4.78, 5) is 14.0. The summed E-state index contributed by atoms with van der Waals surface area (Å²) in [5.74, 6) is 0.104. The van der Waals surface area contributed by atoms with E-state index in [0.29, 0.717) is 19.5 Å². The number of aryl methyl sites for hydroxylation is 3. The first kappa shape index (κ1) is 16.7. The average Bonchev–Trinajstić information content (AvgIpc) is 3.04. The molecule has 22 heavy (non-hydrogen) atoms. The van der Waals surface area contributed by atoms with Gasteiger partial charge in [0.25, 0.3) is 0 Å². The summed E-state index contributed by atoms with van der Waals surface area (Å²) in [6, 6.07) is 1.95. The van der Waals surface area contributed by atoms with Crippen molar-refractivity contribution >= 4 is 21.8 Å². The number of carbonyl (C=O) groups excluding carboxylic acids is 1. The van der Waals surface area contributed by atoms with Gasteiger partial charge in [-0.05, 0) is 42.8 Å². The molecule has 0 bridgehead atoms. The molecule has 0 aliphatic rings. The SMILES string of the molecule is CCn1nccc1CN(C)C(=O)CCn1nc(C)c(Br)c1C. The largest absolute Gasteiger partial charge is 0.340 e. The van der Waals surface area contributed by atoms with E-state index in [1.165, 1.54) is 0 Å². The van der Waals surface area contributed by atoms with Crippen LogP contribution in [0.2, 0.25) is 0 Å². The number of nitrogens with zero attached hydrogens (tertiary/aromatic N) is 5. The van der Waals surface area contributed by atoms with E-state index in [1.807, 2.05) is 43.2 Å². The minimum absolute atomic E-state index is 0.104. The highest BCUT2D eigenvalue weighted by atomic mass is 79.9. The molecule has 0 saturated heterocycles. The van der Waals surface area contributed by atoms with Crippen LogP contribution in [-0.2, 0) is 24.4 Å². The molecule has 0 atom stereocenters. The Morgan fingerprint density at radius 3 is 2.68 bits per heavy atom. The van der Waals surface area contributed by atoms with Crippen molar-refractivity contribution in [1.29, 1.82) is 0 Å². The summed E-state index contributed by atoms with van der Waals surface area (Å²) in [6.45, 7) is 7.97. The standard InChI is InChI=1S/C15H22BrN5O/c1-5-20-13(6-8-17-20)10-19(4)14(22)7-9-21-12(3)15(16)11(2)18-21/h6,8H,5,7,9-10H2,1-4H3. The molecule has 1 amide bonds. The Hall–Kier alpha value is -1.63. The fraction of sp³-hybridized carbons (Fsp3) is 0.533. The highest BCUT2D eigenvalue weighted by Gasteiger charge is 2.14. The second-order valence-electron chi connectivity index (χ2n) is 5.35. The van der Waals surface area contributed by atoms with Crippen LogP contribution < -0.4 is 0 Å².